The molecule has 0 aliphatic carbocycles. The fraction of sp³-hybridized carbons (Fsp3) is 0.421. The van der Waals surface area contributed by atoms with Gasteiger partial charge in [-0.25, -0.2) is 0 Å². The van der Waals surface area contributed by atoms with Crippen LogP contribution < -0.4 is 4.74 Å². The molecule has 3 atom stereocenters. The van der Waals surface area contributed by atoms with Crippen molar-refractivity contribution in [3.05, 3.63) is 48.7 Å². The average molecular weight is 413 g/mol. The van der Waals surface area contributed by atoms with Crippen molar-refractivity contribution in [3.8, 4) is 5.75 Å². The van der Waals surface area contributed by atoms with E-state index in [2.05, 4.69) is 22.3 Å². The summed E-state index contributed by atoms with van der Waals surface area (Å²) in [6, 6.07) is 7.86. The van der Waals surface area contributed by atoms with E-state index >= 15 is 0 Å². The predicted molar refractivity (Wildman–Crippen MR) is 96.4 cm³/mol. The summed E-state index contributed by atoms with van der Waals surface area (Å²) in [6.45, 7) is 3.96. The monoisotopic (exact) mass is 413 g/mol. The van der Waals surface area contributed by atoms with Crippen molar-refractivity contribution >= 4 is 32.3 Å². The standard InChI is InChI=1S/C18H21NO2.CH3.In/c1-4-13(2)6-5-7-18(20)15-10-11-19-17-9-8-14(21-3)12-16(15)17;;/h4,7-13,18,20H,1-2,5-6H2,3H3;1H3;/t13-,18+;;/m1../s1. The van der Waals surface area contributed by atoms with E-state index in [1.807, 2.05) is 30.5 Å². The molecule has 1 fully saturated rings. The summed E-state index contributed by atoms with van der Waals surface area (Å²) in [5.74, 6) is 1.49. The van der Waals surface area contributed by atoms with E-state index in [0.29, 0.717) is 9.59 Å². The van der Waals surface area contributed by atoms with E-state index in [-0.39, 0.29) is 6.10 Å². The number of pyridine rings is 1. The van der Waals surface area contributed by atoms with Crippen LogP contribution in [0.5, 0.6) is 5.75 Å². The Balaban J connectivity index is 1.94. The van der Waals surface area contributed by atoms with Gasteiger partial charge < -0.3 is 0 Å². The molecule has 0 unspecified atom stereocenters. The molecule has 0 bridgehead atoms. The van der Waals surface area contributed by atoms with Gasteiger partial charge in [0.1, 0.15) is 0 Å². The van der Waals surface area contributed by atoms with Crippen LogP contribution in [0.1, 0.15) is 24.5 Å². The van der Waals surface area contributed by atoms with Crippen LogP contribution in [0, 0.1) is 5.92 Å². The maximum absolute atomic E-state index is 11.1. The quantitative estimate of drug-likeness (QED) is 0.758. The molecule has 1 aliphatic heterocycles. The maximum atomic E-state index is 11.1. The second-order valence-electron chi connectivity index (χ2n) is 6.68. The van der Waals surface area contributed by atoms with E-state index in [4.69, 9.17) is 4.74 Å². The Kier molecular flexibility index (Phi) is 5.32. The zero-order chi connectivity index (χ0) is 16.4. The van der Waals surface area contributed by atoms with Crippen LogP contribution >= 0.6 is 0 Å². The summed E-state index contributed by atoms with van der Waals surface area (Å²) in [5, 5.41) is 12.1. The molecule has 1 N–H and O–H groups in total. The third-order valence-electron chi connectivity index (χ3n) is 5.32. The van der Waals surface area contributed by atoms with Gasteiger partial charge in [0.25, 0.3) is 0 Å². The second-order valence-corrected chi connectivity index (χ2v) is 16.0. The Bertz CT molecular complexity index is 703. The molecule has 3 rings (SSSR count). The number of methoxy groups -OCH3 is 1. The van der Waals surface area contributed by atoms with Crippen LogP contribution in [0.2, 0.25) is 12.5 Å². The van der Waals surface area contributed by atoms with Gasteiger partial charge in [-0.15, -0.1) is 0 Å². The minimum absolute atomic E-state index is 0.371. The number of hydrogen-bond acceptors (Lipinski definition) is 3. The first-order chi connectivity index (χ1) is 11.1. The van der Waals surface area contributed by atoms with Crippen LogP contribution in [-0.2, 0) is 0 Å². The number of benzene rings is 1. The van der Waals surface area contributed by atoms with Crippen LogP contribution in [0.3, 0.4) is 0 Å². The van der Waals surface area contributed by atoms with Gasteiger partial charge in [-0.3, -0.25) is 0 Å². The Hall–Kier alpha value is -1.000. The van der Waals surface area contributed by atoms with E-state index < -0.39 is 21.4 Å². The number of ether oxygens (including phenoxy) is 1. The summed E-state index contributed by atoms with van der Waals surface area (Å²) in [7, 11) is 1.67. The molecule has 1 aliphatic rings. The molecular formula is C19H24InNO2. The van der Waals surface area contributed by atoms with Crippen LogP contribution in [0.25, 0.3) is 10.9 Å². The van der Waals surface area contributed by atoms with Gasteiger partial charge in [-0.2, -0.15) is 0 Å². The first-order valence-corrected chi connectivity index (χ1v) is 15.9. The molecule has 0 radical (unpaired) electrons. The van der Waals surface area contributed by atoms with Crippen molar-refractivity contribution in [1.82, 2.24) is 4.98 Å². The molecule has 3 nitrogen and oxygen atoms in total. The van der Waals surface area contributed by atoms with Gasteiger partial charge in [0.2, 0.25) is 0 Å². The first-order valence-electron chi connectivity index (χ1n) is 8.37. The Morgan fingerprint density at radius 3 is 2.91 bits per heavy atom. The summed E-state index contributed by atoms with van der Waals surface area (Å²) >= 11 is -1.74. The fourth-order valence-electron chi connectivity index (χ4n) is 3.91. The van der Waals surface area contributed by atoms with Crippen LogP contribution in [-0.4, -0.2) is 38.6 Å². The molecule has 1 aromatic carbocycles. The molecule has 120 valence electrons. The van der Waals surface area contributed by atoms with Gasteiger partial charge in [0.05, 0.1) is 0 Å². The topological polar surface area (TPSA) is 42.4 Å². The number of rotatable bonds is 4. The molecule has 0 amide bonds. The number of allylic oxidation sites excluding steroid dienone is 1. The van der Waals surface area contributed by atoms with Gasteiger partial charge in [-0.1, -0.05) is 0 Å². The molecule has 0 saturated carbocycles. The van der Waals surface area contributed by atoms with Crippen LogP contribution in [0.15, 0.2) is 43.1 Å². The Morgan fingerprint density at radius 1 is 1.39 bits per heavy atom. The first kappa shape index (κ1) is 16.8. The van der Waals surface area contributed by atoms with Crippen LogP contribution in [0.4, 0.5) is 0 Å². The van der Waals surface area contributed by atoms with Crippen molar-refractivity contribution in [2.75, 3.05) is 7.11 Å². The number of fused-ring (bicyclic) bond motifs is 1. The van der Waals surface area contributed by atoms with Crippen molar-refractivity contribution in [2.24, 2.45) is 5.92 Å². The number of aliphatic hydroxyl groups is 1. The number of aromatic nitrogens is 1. The van der Waals surface area contributed by atoms with E-state index in [9.17, 15) is 5.11 Å². The number of aliphatic hydroxyl groups excluding tert-OH is 1. The molecule has 0 spiro atoms. The molecule has 23 heavy (non-hydrogen) atoms. The molecule has 2 heterocycles. The van der Waals surface area contributed by atoms with Crippen molar-refractivity contribution in [3.63, 3.8) is 0 Å². The molecule has 1 aromatic heterocycles. The predicted octanol–water partition coefficient (Wildman–Crippen LogP) is 4.37. The molecular weight excluding hydrogens is 389 g/mol. The summed E-state index contributed by atoms with van der Waals surface area (Å²) in [4.78, 5) is 4.43. The number of nitrogens with zero attached hydrogens (tertiary/aromatic N) is 1. The molecule has 1 saturated heterocycles. The zero-order valence-electron chi connectivity index (χ0n) is 13.9. The third kappa shape index (κ3) is 3.43. The minimum atomic E-state index is -1.74. The van der Waals surface area contributed by atoms with E-state index in [1.54, 1.807) is 7.11 Å². The van der Waals surface area contributed by atoms with Gasteiger partial charge in [-0.05, 0) is 0 Å². The SMILES string of the molecule is C=C[C@@H]1CC[C@H]([C@H](O)c2ccnc3ccc(OC)cc23)[In]([CH3])[CH2]1. The van der Waals surface area contributed by atoms with Crippen molar-refractivity contribution in [1.29, 1.82) is 0 Å². The average Bonchev–Trinajstić information content (AvgIpc) is 2.60. The third-order valence-corrected chi connectivity index (χ3v) is 15.3. The summed E-state index contributed by atoms with van der Waals surface area (Å²) in [6.07, 6.45) is 5.84. The summed E-state index contributed by atoms with van der Waals surface area (Å²) < 4.78 is 9.61. The fourth-order valence-corrected chi connectivity index (χ4v) is 13.4. The zero-order valence-corrected chi connectivity index (χ0v) is 17.2. The second kappa shape index (κ2) is 7.27. The van der Waals surface area contributed by atoms with Gasteiger partial charge in [0.15, 0.2) is 0 Å². The van der Waals surface area contributed by atoms with E-state index in [0.717, 1.165) is 28.6 Å². The van der Waals surface area contributed by atoms with E-state index in [1.165, 1.54) is 10.6 Å². The molecule has 2 aromatic rings. The summed E-state index contributed by atoms with van der Waals surface area (Å²) in [5.41, 5.74) is 1.93. The molecule has 4 heteroatoms. The number of hydrogen-bond donors (Lipinski definition) is 1. The normalized spacial score (nSPS) is 22.8. The van der Waals surface area contributed by atoms with Gasteiger partial charge in [0, 0.05) is 0 Å². The van der Waals surface area contributed by atoms with Crippen molar-refractivity contribution in [2.45, 2.75) is 31.5 Å². The Labute approximate surface area is 145 Å². The van der Waals surface area contributed by atoms with Crippen molar-refractivity contribution < 1.29 is 9.84 Å². The Morgan fingerprint density at radius 2 is 2.22 bits per heavy atom. The van der Waals surface area contributed by atoms with Gasteiger partial charge >= 0.3 is 146 Å².